The molecule has 2 aromatic carbocycles. The predicted octanol–water partition coefficient (Wildman–Crippen LogP) is 0.831. The lowest BCUT2D eigenvalue weighted by molar-refractivity contribution is -0.132. The van der Waals surface area contributed by atoms with Gasteiger partial charge in [-0.2, -0.15) is 0 Å². The summed E-state index contributed by atoms with van der Waals surface area (Å²) in [6, 6.07) is 12.2. The molecular weight excluding hydrogens is 468 g/mol. The van der Waals surface area contributed by atoms with E-state index in [1.807, 2.05) is 24.3 Å². The Kier molecular flexibility index (Phi) is 7.56. The van der Waals surface area contributed by atoms with Gasteiger partial charge < -0.3 is 20.9 Å². The Morgan fingerprint density at radius 3 is 2.57 bits per heavy atom. The Morgan fingerprint density at radius 1 is 1.06 bits per heavy atom. The zero-order valence-corrected chi connectivity index (χ0v) is 20.4. The maximum atomic E-state index is 12.9. The van der Waals surface area contributed by atoms with Crippen LogP contribution in [-0.4, -0.2) is 74.8 Å². The van der Waals surface area contributed by atoms with Crippen molar-refractivity contribution in [1.29, 1.82) is 5.41 Å². The summed E-state index contributed by atoms with van der Waals surface area (Å²) in [6.45, 7) is 1.61. The van der Waals surface area contributed by atoms with Crippen molar-refractivity contribution in [3.05, 3.63) is 42.5 Å². The van der Waals surface area contributed by atoms with Gasteiger partial charge in [0.05, 0.1) is 17.4 Å². The molecule has 0 spiro atoms. The third kappa shape index (κ3) is 5.91. The van der Waals surface area contributed by atoms with E-state index >= 15 is 0 Å². The fourth-order valence-corrected chi connectivity index (χ4v) is 5.83. The van der Waals surface area contributed by atoms with Crippen molar-refractivity contribution in [3.8, 4) is 0 Å². The summed E-state index contributed by atoms with van der Waals surface area (Å²) in [5.74, 6) is -0.688. The Labute approximate surface area is 205 Å². The summed E-state index contributed by atoms with van der Waals surface area (Å²) >= 11 is 0. The number of fused-ring (bicyclic) bond motifs is 1. The van der Waals surface area contributed by atoms with Crippen LogP contribution in [0.15, 0.2) is 47.4 Å². The zero-order valence-electron chi connectivity index (χ0n) is 19.6. The number of guanidine groups is 1. The van der Waals surface area contributed by atoms with E-state index in [1.165, 1.54) is 6.07 Å². The molecule has 2 amide bonds. The van der Waals surface area contributed by atoms with Gasteiger partial charge in [0.2, 0.25) is 21.8 Å². The second-order valence-electron chi connectivity index (χ2n) is 9.13. The highest BCUT2D eigenvalue weighted by Gasteiger charge is 2.31. The van der Waals surface area contributed by atoms with Crippen molar-refractivity contribution in [2.45, 2.75) is 36.6 Å². The molecule has 4 rings (SSSR count). The summed E-state index contributed by atoms with van der Waals surface area (Å²) in [5, 5.41) is 12.3. The second kappa shape index (κ2) is 10.6. The van der Waals surface area contributed by atoms with Crippen molar-refractivity contribution < 1.29 is 18.0 Å². The molecule has 188 valence electrons. The van der Waals surface area contributed by atoms with Crippen LogP contribution in [-0.2, 0) is 19.6 Å². The fraction of sp³-hybridized carbons (Fsp3) is 0.458. The third-order valence-corrected chi connectivity index (χ3v) is 8.19. The van der Waals surface area contributed by atoms with Crippen LogP contribution in [0.2, 0.25) is 0 Å². The lowest BCUT2D eigenvalue weighted by Gasteiger charge is -2.32. The number of rotatable bonds is 7. The van der Waals surface area contributed by atoms with Gasteiger partial charge in [0.1, 0.15) is 0 Å². The SMILES string of the molecule is N=C(N)N1CCC[C@H](C(=O)NC[C@@H]2CCCN2C(=O)CNS(=O)(=O)c2ccc3ccccc3c2)C1. The first-order chi connectivity index (χ1) is 16.7. The van der Waals surface area contributed by atoms with Crippen LogP contribution in [0.1, 0.15) is 25.7 Å². The lowest BCUT2D eigenvalue weighted by atomic mass is 9.97. The first-order valence-corrected chi connectivity index (χ1v) is 13.4. The van der Waals surface area contributed by atoms with Gasteiger partial charge in [-0.15, -0.1) is 0 Å². The largest absolute Gasteiger partial charge is 0.370 e. The van der Waals surface area contributed by atoms with Crippen molar-refractivity contribution in [2.75, 3.05) is 32.7 Å². The number of likely N-dealkylation sites (tertiary alicyclic amines) is 2. The molecule has 5 N–H and O–H groups in total. The molecule has 0 aliphatic carbocycles. The normalized spacial score (nSPS) is 20.7. The molecule has 2 aromatic rings. The van der Waals surface area contributed by atoms with Crippen LogP contribution < -0.4 is 15.8 Å². The molecule has 2 heterocycles. The first kappa shape index (κ1) is 24.9. The van der Waals surface area contributed by atoms with E-state index in [2.05, 4.69) is 10.0 Å². The summed E-state index contributed by atoms with van der Waals surface area (Å²) < 4.78 is 28.0. The average molecular weight is 501 g/mol. The minimum absolute atomic E-state index is 0.0267. The standard InChI is InChI=1S/C24H32N6O4S/c25-24(26)29-11-3-7-19(16-29)23(32)27-14-20-8-4-12-30(20)22(31)15-28-35(33,34)21-10-9-17-5-1-2-6-18(17)13-21/h1-2,5-6,9-10,13,19-20,28H,3-4,7-8,11-12,14-16H2,(H3,25,26)(H,27,32)/t19-,20-/m0/s1. The Bertz CT molecular complexity index is 1220. The Hall–Kier alpha value is -3.18. The van der Waals surface area contributed by atoms with Crippen LogP contribution in [0.3, 0.4) is 0 Å². The number of nitrogens with two attached hydrogens (primary N) is 1. The highest BCUT2D eigenvalue weighted by Crippen LogP contribution is 2.21. The number of piperidine rings is 1. The smallest absolute Gasteiger partial charge is 0.241 e. The highest BCUT2D eigenvalue weighted by atomic mass is 32.2. The number of hydrogen-bond acceptors (Lipinski definition) is 5. The van der Waals surface area contributed by atoms with E-state index in [4.69, 9.17) is 11.1 Å². The average Bonchev–Trinajstić information content (AvgIpc) is 3.34. The van der Waals surface area contributed by atoms with Gasteiger partial charge in [-0.05, 0) is 48.6 Å². The van der Waals surface area contributed by atoms with Crippen LogP contribution in [0.25, 0.3) is 10.8 Å². The molecule has 2 atom stereocenters. The molecule has 0 bridgehead atoms. The van der Waals surface area contributed by atoms with Crippen LogP contribution >= 0.6 is 0 Å². The summed E-state index contributed by atoms with van der Waals surface area (Å²) in [5.41, 5.74) is 5.56. The molecule has 2 aliphatic rings. The van der Waals surface area contributed by atoms with Crippen molar-refractivity contribution in [2.24, 2.45) is 11.7 Å². The molecule has 11 heteroatoms. The predicted molar refractivity (Wildman–Crippen MR) is 133 cm³/mol. The molecule has 0 unspecified atom stereocenters. The van der Waals surface area contributed by atoms with E-state index < -0.39 is 10.0 Å². The highest BCUT2D eigenvalue weighted by molar-refractivity contribution is 7.89. The number of benzene rings is 2. The molecule has 10 nitrogen and oxygen atoms in total. The van der Waals surface area contributed by atoms with Crippen molar-refractivity contribution in [1.82, 2.24) is 19.8 Å². The van der Waals surface area contributed by atoms with Crippen LogP contribution in [0.4, 0.5) is 0 Å². The molecule has 2 aliphatic heterocycles. The molecular formula is C24H32N6O4S. The monoisotopic (exact) mass is 500 g/mol. The van der Waals surface area contributed by atoms with E-state index in [1.54, 1.807) is 21.9 Å². The van der Waals surface area contributed by atoms with Gasteiger partial charge in [0.15, 0.2) is 5.96 Å². The lowest BCUT2D eigenvalue weighted by Crippen LogP contribution is -2.50. The second-order valence-corrected chi connectivity index (χ2v) is 10.9. The molecule has 0 aromatic heterocycles. The number of hydrogen-bond donors (Lipinski definition) is 4. The summed E-state index contributed by atoms with van der Waals surface area (Å²) in [4.78, 5) is 29.0. The third-order valence-electron chi connectivity index (χ3n) is 6.79. The van der Waals surface area contributed by atoms with Crippen molar-refractivity contribution >= 4 is 38.6 Å². The number of nitrogens with one attached hydrogen (secondary N) is 3. The van der Waals surface area contributed by atoms with E-state index in [0.29, 0.717) is 26.2 Å². The minimum atomic E-state index is -3.85. The molecule has 0 saturated carbocycles. The van der Waals surface area contributed by atoms with E-state index in [-0.39, 0.29) is 41.2 Å². The molecule has 2 saturated heterocycles. The molecule has 2 fully saturated rings. The number of sulfonamides is 1. The van der Waals surface area contributed by atoms with Gasteiger partial charge in [-0.1, -0.05) is 30.3 Å². The van der Waals surface area contributed by atoms with Crippen LogP contribution in [0, 0.1) is 11.3 Å². The van der Waals surface area contributed by atoms with Gasteiger partial charge in [0.25, 0.3) is 0 Å². The number of carbonyl (C=O) groups is 2. The van der Waals surface area contributed by atoms with E-state index in [0.717, 1.165) is 36.5 Å². The number of amides is 2. The Morgan fingerprint density at radius 2 is 1.80 bits per heavy atom. The number of nitrogens with zero attached hydrogens (tertiary/aromatic N) is 2. The minimum Gasteiger partial charge on any atom is -0.370 e. The van der Waals surface area contributed by atoms with Crippen molar-refractivity contribution in [3.63, 3.8) is 0 Å². The first-order valence-electron chi connectivity index (χ1n) is 11.9. The number of carbonyl (C=O) groups excluding carboxylic acids is 2. The van der Waals surface area contributed by atoms with Crippen LogP contribution in [0.5, 0.6) is 0 Å². The van der Waals surface area contributed by atoms with E-state index in [9.17, 15) is 18.0 Å². The Balaban J connectivity index is 1.30. The molecule has 35 heavy (non-hydrogen) atoms. The topological polar surface area (TPSA) is 149 Å². The quantitative estimate of drug-likeness (QED) is 0.327. The summed E-state index contributed by atoms with van der Waals surface area (Å²) in [6.07, 6.45) is 3.07. The summed E-state index contributed by atoms with van der Waals surface area (Å²) in [7, 11) is -3.85. The maximum absolute atomic E-state index is 12.9. The van der Waals surface area contributed by atoms with Gasteiger partial charge >= 0.3 is 0 Å². The van der Waals surface area contributed by atoms with Gasteiger partial charge in [0, 0.05) is 32.2 Å². The zero-order chi connectivity index (χ0) is 25.0. The fourth-order valence-electron chi connectivity index (χ4n) is 4.83. The molecule has 0 radical (unpaired) electrons. The van der Waals surface area contributed by atoms with Gasteiger partial charge in [-0.3, -0.25) is 15.0 Å². The van der Waals surface area contributed by atoms with Gasteiger partial charge in [-0.25, -0.2) is 13.1 Å². The maximum Gasteiger partial charge on any atom is 0.241 e.